The summed E-state index contributed by atoms with van der Waals surface area (Å²) in [4.78, 5) is 26.1. The normalized spacial score (nSPS) is 17.4. The van der Waals surface area contributed by atoms with Crippen LogP contribution in [0.3, 0.4) is 0 Å². The topological polar surface area (TPSA) is 64.4 Å². The molecular weight excluding hydrogens is 318 g/mol. The van der Waals surface area contributed by atoms with E-state index in [0.717, 1.165) is 37.3 Å². The Morgan fingerprint density at radius 1 is 1.24 bits per heavy atom. The van der Waals surface area contributed by atoms with Gasteiger partial charge in [0, 0.05) is 25.0 Å². The van der Waals surface area contributed by atoms with Crippen molar-refractivity contribution in [1.82, 2.24) is 14.7 Å². The van der Waals surface area contributed by atoms with Crippen molar-refractivity contribution in [3.63, 3.8) is 0 Å². The predicted molar refractivity (Wildman–Crippen MR) is 93.6 cm³/mol. The van der Waals surface area contributed by atoms with Crippen molar-refractivity contribution in [2.75, 3.05) is 19.7 Å². The molecule has 1 amide bonds. The van der Waals surface area contributed by atoms with Crippen LogP contribution in [-0.2, 0) is 9.53 Å². The molecule has 1 aliphatic heterocycles. The molecule has 3 rings (SSSR count). The van der Waals surface area contributed by atoms with Crippen LogP contribution < -0.4 is 0 Å². The lowest BCUT2D eigenvalue weighted by atomic mass is 10.0. The van der Waals surface area contributed by atoms with E-state index < -0.39 is 5.97 Å². The molecule has 0 aliphatic carbocycles. The lowest BCUT2D eigenvalue weighted by molar-refractivity contribution is -0.136. The number of carbonyl (C=O) groups is 2. The average molecular weight is 341 g/mol. The van der Waals surface area contributed by atoms with Gasteiger partial charge in [0.2, 0.25) is 0 Å². The molecule has 1 atom stereocenters. The second-order valence-corrected chi connectivity index (χ2v) is 6.59. The molecule has 1 saturated heterocycles. The summed E-state index contributed by atoms with van der Waals surface area (Å²) in [5.74, 6) is -0.0995. The molecule has 1 aromatic carbocycles. The molecule has 0 spiro atoms. The van der Waals surface area contributed by atoms with Crippen molar-refractivity contribution in [2.24, 2.45) is 5.92 Å². The van der Waals surface area contributed by atoms with Gasteiger partial charge < -0.3 is 9.64 Å². The van der Waals surface area contributed by atoms with E-state index in [4.69, 9.17) is 4.74 Å². The quantitative estimate of drug-likeness (QED) is 0.802. The van der Waals surface area contributed by atoms with Crippen molar-refractivity contribution in [1.29, 1.82) is 0 Å². The van der Waals surface area contributed by atoms with Gasteiger partial charge in [-0.15, -0.1) is 0 Å². The smallest absolute Gasteiger partial charge is 0.338 e. The Morgan fingerprint density at radius 3 is 2.64 bits per heavy atom. The summed E-state index contributed by atoms with van der Waals surface area (Å²) >= 11 is 0. The molecule has 2 aromatic rings. The predicted octanol–water partition coefficient (Wildman–Crippen LogP) is 2.60. The van der Waals surface area contributed by atoms with Crippen LogP contribution >= 0.6 is 0 Å². The molecule has 6 heteroatoms. The maximum absolute atomic E-state index is 12.2. The fourth-order valence-corrected chi connectivity index (χ4v) is 3.10. The maximum Gasteiger partial charge on any atom is 0.338 e. The molecule has 132 valence electrons. The second kappa shape index (κ2) is 7.51. The number of esters is 1. The second-order valence-electron chi connectivity index (χ2n) is 6.59. The SMILES string of the molecule is Cc1ccnn1-c1ccc(C(=O)OCC(=O)N2CCC[C@H](C)C2)cc1. The van der Waals surface area contributed by atoms with Gasteiger partial charge in [0.05, 0.1) is 11.3 Å². The monoisotopic (exact) mass is 341 g/mol. The zero-order valence-corrected chi connectivity index (χ0v) is 14.6. The third kappa shape index (κ3) is 4.07. The Bertz CT molecular complexity index is 752. The number of carbonyl (C=O) groups excluding carboxylic acids is 2. The zero-order valence-electron chi connectivity index (χ0n) is 14.6. The molecule has 2 heterocycles. The molecule has 0 N–H and O–H groups in total. The Morgan fingerprint density at radius 2 is 2.00 bits per heavy atom. The number of rotatable bonds is 4. The van der Waals surface area contributed by atoms with Gasteiger partial charge in [-0.05, 0) is 56.0 Å². The van der Waals surface area contributed by atoms with E-state index in [1.807, 2.05) is 25.1 Å². The largest absolute Gasteiger partial charge is 0.452 e. The first-order valence-corrected chi connectivity index (χ1v) is 8.60. The molecule has 1 fully saturated rings. The Balaban J connectivity index is 1.56. The van der Waals surface area contributed by atoms with Crippen molar-refractivity contribution in [3.8, 4) is 5.69 Å². The zero-order chi connectivity index (χ0) is 17.8. The molecule has 0 unspecified atom stereocenters. The number of nitrogens with zero attached hydrogens (tertiary/aromatic N) is 3. The fraction of sp³-hybridized carbons (Fsp3) is 0.421. The van der Waals surface area contributed by atoms with Crippen LogP contribution in [-0.4, -0.2) is 46.3 Å². The highest BCUT2D eigenvalue weighted by molar-refractivity contribution is 5.91. The number of hydrogen-bond acceptors (Lipinski definition) is 4. The van der Waals surface area contributed by atoms with Gasteiger partial charge in [0.25, 0.3) is 5.91 Å². The number of aryl methyl sites for hydroxylation is 1. The minimum Gasteiger partial charge on any atom is -0.452 e. The van der Waals surface area contributed by atoms with Crippen molar-refractivity contribution in [3.05, 3.63) is 47.8 Å². The standard InChI is InChI=1S/C19H23N3O3/c1-14-4-3-11-21(12-14)18(23)13-25-19(24)16-5-7-17(8-6-16)22-15(2)9-10-20-22/h5-10,14H,3-4,11-13H2,1-2H3/t14-/m0/s1. The van der Waals surface area contributed by atoms with E-state index in [1.54, 1.807) is 27.9 Å². The third-order valence-corrected chi connectivity index (χ3v) is 4.52. The molecule has 0 bridgehead atoms. The number of aromatic nitrogens is 2. The van der Waals surface area contributed by atoms with E-state index in [-0.39, 0.29) is 12.5 Å². The van der Waals surface area contributed by atoms with Crippen LogP contribution in [0.5, 0.6) is 0 Å². The average Bonchev–Trinajstić information content (AvgIpc) is 3.05. The number of hydrogen-bond donors (Lipinski definition) is 0. The van der Waals surface area contributed by atoms with Crippen molar-refractivity contribution in [2.45, 2.75) is 26.7 Å². The molecule has 1 aromatic heterocycles. The molecule has 6 nitrogen and oxygen atoms in total. The number of amides is 1. The van der Waals surface area contributed by atoms with Gasteiger partial charge in [-0.3, -0.25) is 4.79 Å². The van der Waals surface area contributed by atoms with Crippen LogP contribution in [0.15, 0.2) is 36.5 Å². The van der Waals surface area contributed by atoms with E-state index in [0.29, 0.717) is 11.5 Å². The number of benzene rings is 1. The van der Waals surface area contributed by atoms with Crippen molar-refractivity contribution < 1.29 is 14.3 Å². The van der Waals surface area contributed by atoms with Gasteiger partial charge in [-0.1, -0.05) is 6.92 Å². The Kier molecular flexibility index (Phi) is 5.16. The molecule has 25 heavy (non-hydrogen) atoms. The Labute approximate surface area is 147 Å². The first kappa shape index (κ1) is 17.2. The van der Waals surface area contributed by atoms with Crippen LogP contribution in [0.1, 0.15) is 35.8 Å². The van der Waals surface area contributed by atoms with E-state index in [1.165, 1.54) is 0 Å². The molecular formula is C19H23N3O3. The molecule has 0 radical (unpaired) electrons. The van der Waals surface area contributed by atoms with Crippen molar-refractivity contribution >= 4 is 11.9 Å². The highest BCUT2D eigenvalue weighted by Gasteiger charge is 2.22. The number of piperidine rings is 1. The summed E-state index contributed by atoms with van der Waals surface area (Å²) < 4.78 is 6.97. The van der Waals surface area contributed by atoms with E-state index in [9.17, 15) is 9.59 Å². The van der Waals surface area contributed by atoms with Crippen LogP contribution in [0.25, 0.3) is 5.69 Å². The summed E-state index contributed by atoms with van der Waals surface area (Å²) in [7, 11) is 0. The van der Waals surface area contributed by atoms with E-state index in [2.05, 4.69) is 12.0 Å². The van der Waals surface area contributed by atoms with Crippen LogP contribution in [0.2, 0.25) is 0 Å². The van der Waals surface area contributed by atoms with Crippen LogP contribution in [0.4, 0.5) is 0 Å². The van der Waals surface area contributed by atoms with Gasteiger partial charge in [-0.2, -0.15) is 5.10 Å². The highest BCUT2D eigenvalue weighted by Crippen LogP contribution is 2.16. The van der Waals surface area contributed by atoms with Gasteiger partial charge >= 0.3 is 5.97 Å². The first-order chi connectivity index (χ1) is 12.0. The minimum absolute atomic E-state index is 0.122. The van der Waals surface area contributed by atoms with Gasteiger partial charge in [0.15, 0.2) is 6.61 Å². The minimum atomic E-state index is -0.484. The van der Waals surface area contributed by atoms with Crippen LogP contribution in [0, 0.1) is 12.8 Å². The highest BCUT2D eigenvalue weighted by atomic mass is 16.5. The Hall–Kier alpha value is -2.63. The van der Waals surface area contributed by atoms with Gasteiger partial charge in [0.1, 0.15) is 0 Å². The van der Waals surface area contributed by atoms with E-state index >= 15 is 0 Å². The summed E-state index contributed by atoms with van der Waals surface area (Å²) in [6.07, 6.45) is 3.88. The lowest BCUT2D eigenvalue weighted by Crippen LogP contribution is -2.41. The first-order valence-electron chi connectivity index (χ1n) is 8.60. The van der Waals surface area contributed by atoms with Gasteiger partial charge in [-0.25, -0.2) is 9.48 Å². The maximum atomic E-state index is 12.2. The molecule has 0 saturated carbocycles. The third-order valence-electron chi connectivity index (χ3n) is 4.52. The summed E-state index contributed by atoms with van der Waals surface area (Å²) in [6.45, 7) is 5.38. The summed E-state index contributed by atoms with van der Waals surface area (Å²) in [5, 5.41) is 4.23. The summed E-state index contributed by atoms with van der Waals surface area (Å²) in [6, 6.07) is 8.91. The molecule has 1 aliphatic rings. The fourth-order valence-electron chi connectivity index (χ4n) is 3.10. The number of likely N-dealkylation sites (tertiary alicyclic amines) is 1. The summed E-state index contributed by atoms with van der Waals surface area (Å²) in [5.41, 5.74) is 2.31. The number of ether oxygens (including phenoxy) is 1. The lowest BCUT2D eigenvalue weighted by Gasteiger charge is -2.30.